The van der Waals surface area contributed by atoms with E-state index in [1.165, 1.54) is 29.2 Å². The van der Waals surface area contributed by atoms with Crippen LogP contribution in [0, 0.1) is 0 Å². The summed E-state index contributed by atoms with van der Waals surface area (Å²) in [7, 11) is 0. The van der Waals surface area contributed by atoms with Gasteiger partial charge in [0, 0.05) is 18.7 Å². The van der Waals surface area contributed by atoms with E-state index in [0.717, 1.165) is 0 Å². The molecular weight excluding hydrogens is 272 g/mol. The summed E-state index contributed by atoms with van der Waals surface area (Å²) >= 11 is 0. The van der Waals surface area contributed by atoms with Crippen molar-refractivity contribution >= 4 is 5.91 Å². The maximum Gasteiger partial charge on any atom is 0.387 e. The minimum Gasteiger partial charge on any atom is -0.435 e. The van der Waals surface area contributed by atoms with Crippen molar-refractivity contribution in [3.8, 4) is 5.75 Å². The number of hydrogen-bond acceptors (Lipinski definition) is 4. The highest BCUT2D eigenvalue weighted by atomic mass is 19.3. The highest BCUT2D eigenvalue weighted by Gasteiger charge is 2.22. The molecule has 0 spiro atoms. The summed E-state index contributed by atoms with van der Waals surface area (Å²) in [5.41, 5.74) is 0.348. The van der Waals surface area contributed by atoms with Gasteiger partial charge in [0.05, 0.1) is 19.3 Å². The molecule has 1 N–H and O–H groups in total. The van der Waals surface area contributed by atoms with Crippen LogP contribution in [0.5, 0.6) is 5.75 Å². The quantitative estimate of drug-likeness (QED) is 0.905. The van der Waals surface area contributed by atoms with Crippen LogP contribution in [-0.2, 0) is 4.74 Å². The summed E-state index contributed by atoms with van der Waals surface area (Å²) in [5.74, 6) is -0.283. The van der Waals surface area contributed by atoms with Crippen molar-refractivity contribution in [2.75, 3.05) is 26.3 Å². The van der Waals surface area contributed by atoms with E-state index in [4.69, 9.17) is 4.74 Å². The van der Waals surface area contributed by atoms with Gasteiger partial charge in [-0.15, -0.1) is 0 Å². The zero-order valence-electron chi connectivity index (χ0n) is 10.7. The lowest BCUT2D eigenvalue weighted by molar-refractivity contribution is -0.0498. The number of ether oxygens (including phenoxy) is 2. The molecule has 1 saturated heterocycles. The average molecular weight is 287 g/mol. The van der Waals surface area contributed by atoms with Crippen molar-refractivity contribution < 1.29 is 28.2 Å². The molecule has 0 aromatic heterocycles. The van der Waals surface area contributed by atoms with E-state index in [1.54, 1.807) is 0 Å². The molecule has 1 aliphatic rings. The summed E-state index contributed by atoms with van der Waals surface area (Å²) in [5, 5.41) is 9.58. The van der Waals surface area contributed by atoms with E-state index < -0.39 is 12.7 Å². The van der Waals surface area contributed by atoms with Gasteiger partial charge >= 0.3 is 6.61 Å². The molecule has 0 saturated carbocycles. The fourth-order valence-electron chi connectivity index (χ4n) is 1.94. The first-order valence-electron chi connectivity index (χ1n) is 6.16. The highest BCUT2D eigenvalue weighted by Crippen LogP contribution is 2.16. The van der Waals surface area contributed by atoms with E-state index in [0.29, 0.717) is 18.7 Å². The van der Waals surface area contributed by atoms with Crippen LogP contribution in [0.3, 0.4) is 0 Å². The molecule has 1 aromatic rings. The van der Waals surface area contributed by atoms with Gasteiger partial charge in [0.2, 0.25) is 0 Å². The lowest BCUT2D eigenvalue weighted by Crippen LogP contribution is -2.37. The van der Waals surface area contributed by atoms with Gasteiger partial charge in [-0.25, -0.2) is 0 Å². The topological polar surface area (TPSA) is 59.0 Å². The number of carbonyl (C=O) groups is 1. The molecule has 1 atom stereocenters. The zero-order chi connectivity index (χ0) is 14.5. The van der Waals surface area contributed by atoms with Crippen LogP contribution in [0.1, 0.15) is 10.4 Å². The Morgan fingerprint density at radius 1 is 1.40 bits per heavy atom. The summed E-state index contributed by atoms with van der Waals surface area (Å²) < 4.78 is 33.4. The van der Waals surface area contributed by atoms with Gasteiger partial charge in [-0.2, -0.15) is 8.78 Å². The van der Waals surface area contributed by atoms with Crippen molar-refractivity contribution in [2.24, 2.45) is 0 Å². The van der Waals surface area contributed by atoms with Crippen LogP contribution < -0.4 is 4.74 Å². The van der Waals surface area contributed by atoms with Crippen LogP contribution in [0.2, 0.25) is 0 Å². The number of amides is 1. The van der Waals surface area contributed by atoms with E-state index in [1.807, 2.05) is 0 Å². The third-order valence-electron chi connectivity index (χ3n) is 2.86. The van der Waals surface area contributed by atoms with Gasteiger partial charge in [0.25, 0.3) is 5.91 Å². The average Bonchev–Trinajstić information content (AvgIpc) is 2.63. The van der Waals surface area contributed by atoms with Crippen LogP contribution in [0.4, 0.5) is 8.78 Å². The maximum absolute atomic E-state index is 12.2. The Kier molecular flexibility index (Phi) is 4.86. The minimum atomic E-state index is -2.89. The largest absolute Gasteiger partial charge is 0.435 e. The van der Waals surface area contributed by atoms with E-state index in [-0.39, 0.29) is 24.8 Å². The summed E-state index contributed by atoms with van der Waals surface area (Å²) in [6, 6.07) is 5.45. The first-order valence-corrected chi connectivity index (χ1v) is 6.16. The smallest absolute Gasteiger partial charge is 0.387 e. The zero-order valence-corrected chi connectivity index (χ0v) is 10.7. The Labute approximate surface area is 114 Å². The molecule has 0 unspecified atom stereocenters. The number of hydrogen-bond donors (Lipinski definition) is 1. The van der Waals surface area contributed by atoms with Crippen molar-refractivity contribution in [1.29, 1.82) is 0 Å². The van der Waals surface area contributed by atoms with Crippen LogP contribution in [0.15, 0.2) is 24.3 Å². The molecule has 7 heteroatoms. The monoisotopic (exact) mass is 287 g/mol. The first-order chi connectivity index (χ1) is 9.56. The van der Waals surface area contributed by atoms with Crippen molar-refractivity contribution in [3.63, 3.8) is 0 Å². The fourth-order valence-corrected chi connectivity index (χ4v) is 1.94. The van der Waals surface area contributed by atoms with Crippen LogP contribution in [0.25, 0.3) is 0 Å². The fraction of sp³-hybridized carbons (Fsp3) is 0.462. The second-order valence-electron chi connectivity index (χ2n) is 4.38. The molecule has 0 bridgehead atoms. The third kappa shape index (κ3) is 3.88. The number of alkyl halides is 2. The summed E-state index contributed by atoms with van der Waals surface area (Å²) in [6.45, 7) is -1.77. The number of β-amino-alcohol motifs (C(OH)–C–C–N with tert-alkyl or cyclic N) is 1. The van der Waals surface area contributed by atoms with E-state index in [2.05, 4.69) is 4.74 Å². The number of aliphatic hydroxyl groups is 1. The van der Waals surface area contributed by atoms with Gasteiger partial charge in [0.1, 0.15) is 5.75 Å². The standard InChI is InChI=1S/C13H15F2NO4/c14-13(15)20-11-3-1-9(2-4-11)12(18)16-5-6-19-8-10(17)7-16/h1-4,10,13,17H,5-8H2/t10-/m0/s1. The number of nitrogens with zero attached hydrogens (tertiary/aromatic N) is 1. The van der Waals surface area contributed by atoms with Gasteiger partial charge < -0.3 is 19.5 Å². The Balaban J connectivity index is 2.04. The molecule has 1 amide bonds. The molecule has 2 rings (SSSR count). The predicted molar refractivity (Wildman–Crippen MR) is 65.8 cm³/mol. The first kappa shape index (κ1) is 14.7. The normalized spacial score (nSPS) is 19.8. The van der Waals surface area contributed by atoms with Gasteiger partial charge in [0.15, 0.2) is 0 Å². The molecular formula is C13H15F2NO4. The summed E-state index contributed by atoms with van der Waals surface area (Å²) in [4.78, 5) is 13.7. The van der Waals surface area contributed by atoms with Crippen molar-refractivity contribution in [1.82, 2.24) is 4.90 Å². The third-order valence-corrected chi connectivity index (χ3v) is 2.86. The highest BCUT2D eigenvalue weighted by molar-refractivity contribution is 5.94. The lowest BCUT2D eigenvalue weighted by Gasteiger charge is -2.21. The Morgan fingerprint density at radius 3 is 2.75 bits per heavy atom. The summed E-state index contributed by atoms with van der Waals surface area (Å²) in [6.07, 6.45) is -0.720. The second-order valence-corrected chi connectivity index (χ2v) is 4.38. The van der Waals surface area contributed by atoms with Gasteiger partial charge in [-0.3, -0.25) is 4.79 Å². The molecule has 1 fully saturated rings. The molecule has 0 radical (unpaired) electrons. The van der Waals surface area contributed by atoms with Gasteiger partial charge in [-0.1, -0.05) is 0 Å². The molecule has 1 heterocycles. The maximum atomic E-state index is 12.2. The molecule has 5 nitrogen and oxygen atoms in total. The SMILES string of the molecule is O=C(c1ccc(OC(F)F)cc1)N1CCOC[C@@H](O)C1. The lowest BCUT2D eigenvalue weighted by atomic mass is 10.2. The molecule has 20 heavy (non-hydrogen) atoms. The van der Waals surface area contributed by atoms with Crippen molar-refractivity contribution in [2.45, 2.75) is 12.7 Å². The predicted octanol–water partition coefficient (Wildman–Crippen LogP) is 1.12. The number of carbonyl (C=O) groups excluding carboxylic acids is 1. The minimum absolute atomic E-state index is 0.00390. The molecule has 1 aromatic carbocycles. The number of benzene rings is 1. The molecule has 110 valence electrons. The molecule has 0 aliphatic carbocycles. The Morgan fingerprint density at radius 2 is 2.10 bits per heavy atom. The van der Waals surface area contributed by atoms with E-state index in [9.17, 15) is 18.7 Å². The number of halogens is 2. The Hall–Kier alpha value is -1.73. The number of aliphatic hydroxyl groups excluding tert-OH is 1. The number of rotatable bonds is 3. The van der Waals surface area contributed by atoms with Crippen LogP contribution >= 0.6 is 0 Å². The van der Waals surface area contributed by atoms with Gasteiger partial charge in [-0.05, 0) is 24.3 Å². The second kappa shape index (κ2) is 6.62. The van der Waals surface area contributed by atoms with Crippen LogP contribution in [-0.4, -0.2) is 54.9 Å². The Bertz CT molecular complexity index is 452. The van der Waals surface area contributed by atoms with E-state index >= 15 is 0 Å². The molecule has 1 aliphatic heterocycles. The van der Waals surface area contributed by atoms with Crippen molar-refractivity contribution in [3.05, 3.63) is 29.8 Å².